The molecule has 2 aromatic heterocycles. The van der Waals surface area contributed by atoms with Crippen LogP contribution < -0.4 is 5.32 Å². The molecule has 0 spiro atoms. The molecule has 4 nitrogen and oxygen atoms in total. The van der Waals surface area contributed by atoms with Crippen molar-refractivity contribution < 1.29 is 0 Å². The van der Waals surface area contributed by atoms with Gasteiger partial charge in [-0.1, -0.05) is 0 Å². The highest BCUT2D eigenvalue weighted by molar-refractivity contribution is 7.11. The summed E-state index contributed by atoms with van der Waals surface area (Å²) >= 11 is 1.90. The summed E-state index contributed by atoms with van der Waals surface area (Å²) in [6.45, 7) is 3.04. The Morgan fingerprint density at radius 2 is 2.35 bits per heavy atom. The van der Waals surface area contributed by atoms with Gasteiger partial charge in [-0.25, -0.2) is 4.98 Å². The fourth-order valence-electron chi connectivity index (χ4n) is 2.83. The molecule has 0 aliphatic heterocycles. The van der Waals surface area contributed by atoms with E-state index >= 15 is 0 Å². The van der Waals surface area contributed by atoms with Crippen molar-refractivity contribution in [3.8, 4) is 0 Å². The van der Waals surface area contributed by atoms with Gasteiger partial charge < -0.3 is 5.32 Å². The van der Waals surface area contributed by atoms with Crippen LogP contribution in [0.2, 0.25) is 0 Å². The molecule has 4 rings (SSSR count). The third kappa shape index (κ3) is 2.29. The van der Waals surface area contributed by atoms with Crippen LogP contribution in [0, 0.1) is 0 Å². The summed E-state index contributed by atoms with van der Waals surface area (Å²) in [5, 5.41) is 9.40. The van der Waals surface area contributed by atoms with Gasteiger partial charge in [-0.15, -0.1) is 11.3 Å². The number of aryl methyl sites for hydroxylation is 3. The smallest absolute Gasteiger partial charge is 0.115 e. The zero-order chi connectivity index (χ0) is 13.5. The monoisotopic (exact) mass is 288 g/mol. The second-order valence-corrected chi connectivity index (χ2v) is 6.89. The minimum Gasteiger partial charge on any atom is -0.301 e. The van der Waals surface area contributed by atoms with Crippen molar-refractivity contribution >= 4 is 11.3 Å². The zero-order valence-electron chi connectivity index (χ0n) is 11.8. The van der Waals surface area contributed by atoms with Crippen molar-refractivity contribution in [1.29, 1.82) is 0 Å². The van der Waals surface area contributed by atoms with Gasteiger partial charge in [0.2, 0.25) is 0 Å². The van der Waals surface area contributed by atoms with Crippen molar-refractivity contribution in [1.82, 2.24) is 20.1 Å². The van der Waals surface area contributed by atoms with E-state index in [9.17, 15) is 0 Å². The highest BCUT2D eigenvalue weighted by Crippen LogP contribution is 2.35. The van der Waals surface area contributed by atoms with Gasteiger partial charge in [-0.05, 0) is 39.0 Å². The summed E-state index contributed by atoms with van der Waals surface area (Å²) in [6.07, 6.45) is 10.4. The molecule has 0 amide bonds. The van der Waals surface area contributed by atoms with Crippen LogP contribution in [0.25, 0.3) is 0 Å². The molecule has 2 aliphatic rings. The number of hydrogen-bond acceptors (Lipinski definition) is 4. The summed E-state index contributed by atoms with van der Waals surface area (Å²) < 4.78 is 2.00. The molecule has 0 aromatic carbocycles. The third-order valence-electron chi connectivity index (χ3n) is 4.15. The fourth-order valence-corrected chi connectivity index (χ4v) is 4.07. The van der Waals surface area contributed by atoms with E-state index in [1.807, 2.05) is 22.2 Å². The fraction of sp³-hybridized carbons (Fsp3) is 0.600. The normalized spacial score (nSPS) is 19.2. The van der Waals surface area contributed by atoms with Crippen LogP contribution in [0.4, 0.5) is 0 Å². The van der Waals surface area contributed by atoms with E-state index in [2.05, 4.69) is 23.5 Å². The van der Waals surface area contributed by atoms with Crippen LogP contribution in [-0.2, 0) is 19.4 Å². The Kier molecular flexibility index (Phi) is 3.11. The molecule has 106 valence electrons. The third-order valence-corrected chi connectivity index (χ3v) is 5.37. The lowest BCUT2D eigenvalue weighted by atomic mass is 10.1. The number of aromatic nitrogens is 3. The molecule has 1 N–H and O–H groups in total. The van der Waals surface area contributed by atoms with Gasteiger partial charge in [0.05, 0.1) is 17.9 Å². The summed E-state index contributed by atoms with van der Waals surface area (Å²) in [5.41, 5.74) is 2.60. The van der Waals surface area contributed by atoms with Crippen LogP contribution >= 0.6 is 11.3 Å². The van der Waals surface area contributed by atoms with E-state index in [0.717, 1.165) is 13.0 Å². The number of hydrogen-bond donors (Lipinski definition) is 1. The highest BCUT2D eigenvalue weighted by Gasteiger charge is 2.30. The second-order valence-electron chi connectivity index (χ2n) is 5.78. The Labute approximate surface area is 123 Å². The molecule has 0 saturated heterocycles. The van der Waals surface area contributed by atoms with E-state index in [1.165, 1.54) is 46.8 Å². The molecule has 2 heterocycles. The largest absolute Gasteiger partial charge is 0.301 e. The maximum Gasteiger partial charge on any atom is 0.115 e. The first kappa shape index (κ1) is 12.5. The van der Waals surface area contributed by atoms with Crippen LogP contribution in [0.3, 0.4) is 0 Å². The summed E-state index contributed by atoms with van der Waals surface area (Å²) in [6, 6.07) is 0.905. The van der Waals surface area contributed by atoms with Crippen LogP contribution in [0.5, 0.6) is 0 Å². The van der Waals surface area contributed by atoms with E-state index < -0.39 is 0 Å². The maximum absolute atomic E-state index is 4.90. The summed E-state index contributed by atoms with van der Waals surface area (Å²) in [5.74, 6) is 0. The molecule has 0 radical (unpaired) electrons. The van der Waals surface area contributed by atoms with Crippen LogP contribution in [0.1, 0.15) is 53.4 Å². The zero-order valence-corrected chi connectivity index (χ0v) is 12.6. The molecular formula is C15H20N4S. The molecule has 0 bridgehead atoms. The number of nitrogens with one attached hydrogen (secondary N) is 1. The van der Waals surface area contributed by atoms with E-state index in [1.54, 1.807) is 0 Å². The molecule has 1 atom stereocenters. The lowest BCUT2D eigenvalue weighted by Gasteiger charge is -2.14. The summed E-state index contributed by atoms with van der Waals surface area (Å²) in [4.78, 5) is 6.41. The average molecular weight is 288 g/mol. The average Bonchev–Trinajstić information content (AvgIpc) is 2.88. The van der Waals surface area contributed by atoms with Crippen molar-refractivity contribution in [2.24, 2.45) is 0 Å². The molecular weight excluding hydrogens is 268 g/mol. The van der Waals surface area contributed by atoms with Crippen molar-refractivity contribution in [3.63, 3.8) is 0 Å². The molecule has 20 heavy (non-hydrogen) atoms. The lowest BCUT2D eigenvalue weighted by Crippen LogP contribution is -2.24. The number of fused-ring (bicyclic) bond motifs is 1. The quantitative estimate of drug-likeness (QED) is 0.920. The van der Waals surface area contributed by atoms with Crippen molar-refractivity contribution in [2.45, 2.75) is 57.7 Å². The predicted octanol–water partition coefficient (Wildman–Crippen LogP) is 2.69. The maximum atomic E-state index is 4.90. The first-order valence-electron chi connectivity index (χ1n) is 7.60. The van der Waals surface area contributed by atoms with E-state index in [4.69, 9.17) is 4.98 Å². The van der Waals surface area contributed by atoms with Gasteiger partial charge >= 0.3 is 0 Å². The minimum atomic E-state index is 0.235. The topological polar surface area (TPSA) is 42.7 Å². The highest BCUT2D eigenvalue weighted by atomic mass is 32.1. The Hall–Kier alpha value is -1.20. The second kappa shape index (κ2) is 4.97. The minimum absolute atomic E-state index is 0.235. The van der Waals surface area contributed by atoms with Gasteiger partial charge in [-0.2, -0.15) is 5.10 Å². The van der Waals surface area contributed by atoms with E-state index in [0.29, 0.717) is 6.04 Å². The van der Waals surface area contributed by atoms with Crippen molar-refractivity contribution in [3.05, 3.63) is 33.5 Å². The molecule has 1 saturated carbocycles. The number of thiazole rings is 1. The number of rotatable bonds is 5. The van der Waals surface area contributed by atoms with Gasteiger partial charge in [0, 0.05) is 29.2 Å². The SMILES string of the molecule is CCn1cc(C(NC2CC2)c2nc3c(s2)CCC3)cn1. The van der Waals surface area contributed by atoms with Gasteiger partial charge in [0.1, 0.15) is 5.01 Å². The Morgan fingerprint density at radius 1 is 1.45 bits per heavy atom. The molecule has 1 unspecified atom stereocenters. The van der Waals surface area contributed by atoms with E-state index in [-0.39, 0.29) is 6.04 Å². The predicted molar refractivity (Wildman–Crippen MR) is 80.0 cm³/mol. The molecule has 2 aliphatic carbocycles. The van der Waals surface area contributed by atoms with Crippen LogP contribution in [0.15, 0.2) is 12.4 Å². The Bertz CT molecular complexity index is 590. The van der Waals surface area contributed by atoms with Gasteiger partial charge in [0.15, 0.2) is 0 Å². The number of nitrogens with zero attached hydrogens (tertiary/aromatic N) is 3. The Morgan fingerprint density at radius 3 is 3.05 bits per heavy atom. The first-order chi connectivity index (χ1) is 9.83. The van der Waals surface area contributed by atoms with Gasteiger partial charge in [0.25, 0.3) is 0 Å². The Balaban J connectivity index is 1.66. The standard InChI is InChI=1S/C15H20N4S/c1-2-19-9-10(8-16-19)14(17-11-6-7-11)15-18-12-4-3-5-13(12)20-15/h8-9,11,14,17H,2-7H2,1H3. The van der Waals surface area contributed by atoms with Gasteiger partial charge in [-0.3, -0.25) is 4.68 Å². The van der Waals surface area contributed by atoms with Crippen LogP contribution in [-0.4, -0.2) is 20.8 Å². The summed E-state index contributed by atoms with van der Waals surface area (Å²) in [7, 11) is 0. The molecule has 2 aromatic rings. The first-order valence-corrected chi connectivity index (χ1v) is 8.42. The van der Waals surface area contributed by atoms with Crippen molar-refractivity contribution in [2.75, 3.05) is 0 Å². The molecule has 5 heteroatoms. The lowest BCUT2D eigenvalue weighted by molar-refractivity contribution is 0.594. The molecule has 1 fully saturated rings.